The Hall–Kier alpha value is -2.12. The molecule has 4 rings (SSSR count). The van der Waals surface area contributed by atoms with Gasteiger partial charge >= 0.3 is 0 Å². The summed E-state index contributed by atoms with van der Waals surface area (Å²) in [4.78, 5) is 9.19. The monoisotopic (exact) mass is 398 g/mol. The summed E-state index contributed by atoms with van der Waals surface area (Å²) >= 11 is 1.63. The van der Waals surface area contributed by atoms with Gasteiger partial charge in [0.2, 0.25) is 5.89 Å². The Morgan fingerprint density at radius 2 is 2.11 bits per heavy atom. The predicted octanol–water partition coefficient (Wildman–Crippen LogP) is 4.60. The zero-order valence-electron chi connectivity index (χ0n) is 16.4. The van der Waals surface area contributed by atoms with E-state index in [0.29, 0.717) is 17.6 Å². The van der Waals surface area contributed by atoms with Crippen LogP contribution in [0.3, 0.4) is 0 Å². The third kappa shape index (κ3) is 4.64. The average Bonchev–Trinajstić information content (AvgIpc) is 3.43. The number of imidazole rings is 1. The highest BCUT2D eigenvalue weighted by atomic mass is 32.2. The van der Waals surface area contributed by atoms with Gasteiger partial charge in [0, 0.05) is 13.0 Å². The Kier molecular flexibility index (Phi) is 6.12. The van der Waals surface area contributed by atoms with Crippen LogP contribution < -0.4 is 0 Å². The second-order valence-electron chi connectivity index (χ2n) is 7.53. The molecule has 2 aromatic heterocycles. The van der Waals surface area contributed by atoms with Crippen molar-refractivity contribution >= 4 is 11.8 Å². The van der Waals surface area contributed by atoms with E-state index >= 15 is 0 Å². The third-order valence-electron chi connectivity index (χ3n) is 4.72. The molecule has 28 heavy (non-hydrogen) atoms. The van der Waals surface area contributed by atoms with Crippen LogP contribution in [0.4, 0.5) is 0 Å². The molecule has 0 radical (unpaired) electrons. The van der Waals surface area contributed by atoms with Crippen molar-refractivity contribution in [2.75, 3.05) is 6.61 Å². The molecule has 0 saturated carbocycles. The minimum Gasteiger partial charge on any atom is -0.376 e. The largest absolute Gasteiger partial charge is 0.376 e. The first-order chi connectivity index (χ1) is 13.7. The summed E-state index contributed by atoms with van der Waals surface area (Å²) in [5.41, 5.74) is 2.28. The lowest BCUT2D eigenvalue weighted by atomic mass is 10.1. The van der Waals surface area contributed by atoms with E-state index in [1.54, 1.807) is 11.8 Å². The van der Waals surface area contributed by atoms with Crippen LogP contribution >= 0.6 is 11.8 Å². The van der Waals surface area contributed by atoms with E-state index in [2.05, 4.69) is 57.8 Å². The molecule has 0 amide bonds. The smallest absolute Gasteiger partial charge is 0.237 e. The number of ether oxygens (including phenoxy) is 1. The van der Waals surface area contributed by atoms with Gasteiger partial charge in [-0.3, -0.25) is 0 Å². The van der Waals surface area contributed by atoms with Crippen molar-refractivity contribution < 1.29 is 9.26 Å². The Labute approximate surface area is 169 Å². The number of benzene rings is 1. The van der Waals surface area contributed by atoms with Crippen molar-refractivity contribution in [2.24, 2.45) is 5.92 Å². The van der Waals surface area contributed by atoms with Gasteiger partial charge in [0.1, 0.15) is 0 Å². The van der Waals surface area contributed by atoms with Crippen molar-refractivity contribution in [3.63, 3.8) is 0 Å². The molecule has 1 aromatic carbocycles. The van der Waals surface area contributed by atoms with E-state index in [1.165, 1.54) is 0 Å². The SMILES string of the molecule is CC(C)Cc1noc(CSc2ncc(-c3ccccc3)n2CC2CCCO2)n1. The fraction of sp³-hybridized carbons (Fsp3) is 0.476. The molecule has 3 heterocycles. The zero-order valence-corrected chi connectivity index (χ0v) is 17.2. The molecule has 1 fully saturated rings. The summed E-state index contributed by atoms with van der Waals surface area (Å²) in [5, 5.41) is 5.04. The van der Waals surface area contributed by atoms with Crippen LogP contribution in [0.5, 0.6) is 0 Å². The topological polar surface area (TPSA) is 66.0 Å². The van der Waals surface area contributed by atoms with Crippen molar-refractivity contribution in [3.05, 3.63) is 48.2 Å². The molecule has 3 aromatic rings. The molecule has 7 heteroatoms. The molecule has 0 spiro atoms. The molecule has 148 valence electrons. The number of rotatable bonds is 8. The molecule has 1 unspecified atom stereocenters. The summed E-state index contributed by atoms with van der Waals surface area (Å²) in [7, 11) is 0. The van der Waals surface area contributed by atoms with Gasteiger partial charge in [-0.1, -0.05) is 61.1 Å². The molecule has 1 saturated heterocycles. The highest BCUT2D eigenvalue weighted by molar-refractivity contribution is 7.98. The minimum atomic E-state index is 0.247. The first-order valence-corrected chi connectivity index (χ1v) is 10.8. The maximum Gasteiger partial charge on any atom is 0.237 e. The lowest BCUT2D eigenvalue weighted by Gasteiger charge is -2.15. The summed E-state index contributed by atoms with van der Waals surface area (Å²) in [6, 6.07) is 10.4. The van der Waals surface area contributed by atoms with Crippen LogP contribution in [0.1, 0.15) is 38.4 Å². The molecule has 1 atom stereocenters. The van der Waals surface area contributed by atoms with Gasteiger partial charge in [-0.25, -0.2) is 4.98 Å². The van der Waals surface area contributed by atoms with Crippen LogP contribution in [0.25, 0.3) is 11.3 Å². The van der Waals surface area contributed by atoms with E-state index in [-0.39, 0.29) is 6.10 Å². The van der Waals surface area contributed by atoms with Gasteiger partial charge in [0.25, 0.3) is 0 Å². The van der Waals surface area contributed by atoms with Gasteiger partial charge in [0.05, 0.1) is 30.3 Å². The van der Waals surface area contributed by atoms with Crippen LogP contribution in [0.15, 0.2) is 46.2 Å². The van der Waals surface area contributed by atoms with E-state index in [9.17, 15) is 0 Å². The van der Waals surface area contributed by atoms with E-state index < -0.39 is 0 Å². The summed E-state index contributed by atoms with van der Waals surface area (Å²) in [5.74, 6) is 2.55. The lowest BCUT2D eigenvalue weighted by molar-refractivity contribution is 0.0954. The zero-order chi connectivity index (χ0) is 19.3. The molecular formula is C21H26N4O2S. The van der Waals surface area contributed by atoms with E-state index in [0.717, 1.165) is 54.7 Å². The summed E-state index contributed by atoms with van der Waals surface area (Å²) in [6.07, 6.45) is 5.25. The highest BCUT2D eigenvalue weighted by Gasteiger charge is 2.21. The Morgan fingerprint density at radius 1 is 1.25 bits per heavy atom. The second-order valence-corrected chi connectivity index (χ2v) is 8.47. The van der Waals surface area contributed by atoms with E-state index in [4.69, 9.17) is 9.26 Å². The van der Waals surface area contributed by atoms with Gasteiger partial charge in [-0.15, -0.1) is 0 Å². The predicted molar refractivity (Wildman–Crippen MR) is 109 cm³/mol. The summed E-state index contributed by atoms with van der Waals surface area (Å²) < 4.78 is 13.6. The number of hydrogen-bond acceptors (Lipinski definition) is 6. The molecule has 0 bridgehead atoms. The Bertz CT molecular complexity index is 885. The van der Waals surface area contributed by atoms with Crippen molar-refractivity contribution in [1.82, 2.24) is 19.7 Å². The fourth-order valence-electron chi connectivity index (χ4n) is 3.40. The molecule has 0 aliphatic carbocycles. The van der Waals surface area contributed by atoms with Crippen molar-refractivity contribution in [1.29, 1.82) is 0 Å². The van der Waals surface area contributed by atoms with Crippen molar-refractivity contribution in [3.8, 4) is 11.3 Å². The van der Waals surface area contributed by atoms with E-state index in [1.807, 2.05) is 12.3 Å². The fourth-order valence-corrected chi connectivity index (χ4v) is 4.23. The first-order valence-electron chi connectivity index (χ1n) is 9.86. The standard InChI is InChI=1S/C21H26N4O2S/c1-15(2)11-19-23-20(27-24-19)14-28-21-22-12-18(16-7-4-3-5-8-16)25(21)13-17-9-6-10-26-17/h3-5,7-8,12,15,17H,6,9-11,13-14H2,1-2H3. The van der Waals surface area contributed by atoms with Crippen LogP contribution in [-0.2, 0) is 23.5 Å². The number of thioether (sulfide) groups is 1. The normalized spacial score (nSPS) is 16.9. The second kappa shape index (κ2) is 8.92. The number of aromatic nitrogens is 4. The Balaban J connectivity index is 1.52. The molecule has 0 N–H and O–H groups in total. The third-order valence-corrected chi connectivity index (χ3v) is 5.70. The maximum atomic E-state index is 5.88. The minimum absolute atomic E-state index is 0.247. The van der Waals surface area contributed by atoms with Crippen molar-refractivity contribution in [2.45, 2.75) is 56.7 Å². The maximum absolute atomic E-state index is 5.88. The van der Waals surface area contributed by atoms with Gasteiger partial charge < -0.3 is 13.8 Å². The average molecular weight is 399 g/mol. The van der Waals surface area contributed by atoms with Crippen LogP contribution in [-0.4, -0.2) is 32.4 Å². The summed E-state index contributed by atoms with van der Waals surface area (Å²) in [6.45, 7) is 5.97. The first kappa shape index (κ1) is 19.2. The molecule has 1 aliphatic heterocycles. The Morgan fingerprint density at radius 3 is 2.86 bits per heavy atom. The number of nitrogens with zero attached hydrogens (tertiary/aromatic N) is 4. The highest BCUT2D eigenvalue weighted by Crippen LogP contribution is 2.29. The van der Waals surface area contributed by atoms with Gasteiger partial charge in [-0.05, 0) is 24.3 Å². The van der Waals surface area contributed by atoms with Gasteiger partial charge in [0.15, 0.2) is 11.0 Å². The molecule has 1 aliphatic rings. The number of hydrogen-bond donors (Lipinski definition) is 0. The molecule has 6 nitrogen and oxygen atoms in total. The molecular weight excluding hydrogens is 372 g/mol. The van der Waals surface area contributed by atoms with Crippen LogP contribution in [0.2, 0.25) is 0 Å². The van der Waals surface area contributed by atoms with Gasteiger partial charge in [-0.2, -0.15) is 4.98 Å². The van der Waals surface area contributed by atoms with Crippen LogP contribution in [0, 0.1) is 5.92 Å². The quantitative estimate of drug-likeness (QED) is 0.517. The lowest BCUT2D eigenvalue weighted by Crippen LogP contribution is -2.16.